The lowest BCUT2D eigenvalue weighted by atomic mass is 9.84. The van der Waals surface area contributed by atoms with Crippen molar-refractivity contribution >= 4 is 65.2 Å². The van der Waals surface area contributed by atoms with E-state index in [0.29, 0.717) is 27.5 Å². The van der Waals surface area contributed by atoms with Crippen molar-refractivity contribution < 1.29 is 29.4 Å². The highest BCUT2D eigenvalue weighted by Crippen LogP contribution is 2.47. The lowest BCUT2D eigenvalue weighted by Crippen LogP contribution is -1.91. The molecule has 2 nitrogen and oxygen atoms in total. The molecule has 0 fully saturated rings. The molecule has 0 amide bonds. The maximum atomic E-state index is 9.38. The Kier molecular flexibility index (Phi) is 3.11. The zero-order chi connectivity index (χ0) is 43.2. The molecule has 2 heteroatoms. The third-order valence-electron chi connectivity index (χ3n) is 8.49. The Morgan fingerprint density at radius 1 is 0.457 bits per heavy atom. The molecule has 0 radical (unpaired) electrons. The van der Waals surface area contributed by atoms with E-state index in [1.807, 2.05) is 42.5 Å². The Morgan fingerprint density at radius 3 is 1.87 bits per heavy atom. The van der Waals surface area contributed by atoms with E-state index in [-0.39, 0.29) is 38.2 Å². The van der Waals surface area contributed by atoms with E-state index >= 15 is 0 Å². The van der Waals surface area contributed by atoms with E-state index in [1.54, 1.807) is 24.5 Å². The normalized spacial score (nSPS) is 16.5. The first kappa shape index (κ1) is 14.8. The van der Waals surface area contributed by atoms with Crippen LogP contribution in [0.1, 0.15) is 20.6 Å². The minimum Gasteiger partial charge on any atom is -0.464 e. The zero-order valence-electron chi connectivity index (χ0n) is 38.7. The molecule has 0 saturated carbocycles. The van der Waals surface area contributed by atoms with Crippen LogP contribution in [0.25, 0.3) is 98.6 Å². The Morgan fingerprint density at radius 2 is 1.11 bits per heavy atom. The summed E-state index contributed by atoms with van der Waals surface area (Å²) in [5.41, 5.74) is 2.51. The minimum atomic E-state index is -0.767. The Hall–Kier alpha value is -6.12. The molecule has 10 aromatic rings. The second-order valence-electron chi connectivity index (χ2n) is 10.9. The predicted molar refractivity (Wildman–Crippen MR) is 192 cm³/mol. The summed E-state index contributed by atoms with van der Waals surface area (Å²) in [6.07, 6.45) is 1.65. The van der Waals surface area contributed by atoms with Gasteiger partial charge in [-0.2, -0.15) is 0 Å². The number of rotatable bonds is 3. The predicted octanol–water partition coefficient (Wildman–Crippen LogP) is 12.8. The molecule has 0 aliphatic heterocycles. The molecule has 46 heavy (non-hydrogen) atoms. The summed E-state index contributed by atoms with van der Waals surface area (Å²) < 4.78 is 147. The zero-order valence-corrected chi connectivity index (χ0v) is 23.7. The molecule has 8 aromatic carbocycles. The summed E-state index contributed by atoms with van der Waals surface area (Å²) in [4.78, 5) is 0. The van der Waals surface area contributed by atoms with Gasteiger partial charge in [-0.25, -0.2) is 0 Å². The molecular formula is C44H26O2. The molecule has 0 bridgehead atoms. The number of benzene rings is 8. The topological polar surface area (TPSA) is 26.3 Å². The molecule has 0 atom stereocenters. The molecule has 214 valence electrons. The van der Waals surface area contributed by atoms with Gasteiger partial charge in [0.05, 0.1) is 32.2 Å². The minimum absolute atomic E-state index is 0.0190. The first-order valence-electron chi connectivity index (χ1n) is 21.9. The van der Waals surface area contributed by atoms with Gasteiger partial charge < -0.3 is 8.83 Å². The third-order valence-corrected chi connectivity index (χ3v) is 8.49. The standard InChI is InChI=1S/C44H26O2/c1-2-11-28(12-3-1)38-26-45-39-24-23-37-31-22-21-29(25-40(31)46-44(37)43(38)39)41-33-16-6-8-18-35(33)42(36-19-9-7-17-34(36)41)32-20-10-14-27-13-4-5-15-30(27)32/h1-26H/i4D,5D,6D,7D,8D,9D,10D,13D,14D,15D,16D,17D,18D,19D,20D. The molecule has 2 heterocycles. The molecule has 0 saturated heterocycles. The van der Waals surface area contributed by atoms with Crippen molar-refractivity contribution in [3.8, 4) is 33.4 Å². The Balaban J connectivity index is 1.43. The fourth-order valence-corrected chi connectivity index (χ4v) is 6.51. The van der Waals surface area contributed by atoms with E-state index in [2.05, 4.69) is 0 Å². The second-order valence-corrected chi connectivity index (χ2v) is 10.9. The van der Waals surface area contributed by atoms with E-state index in [0.717, 1.165) is 16.5 Å². The van der Waals surface area contributed by atoms with Gasteiger partial charge in [-0.1, -0.05) is 127 Å². The van der Waals surface area contributed by atoms with Crippen molar-refractivity contribution in [1.82, 2.24) is 0 Å². The molecule has 0 aliphatic carbocycles. The van der Waals surface area contributed by atoms with Crippen molar-refractivity contribution in [3.63, 3.8) is 0 Å². The quantitative estimate of drug-likeness (QED) is 0.188. The summed E-state index contributed by atoms with van der Waals surface area (Å²) in [5.74, 6) is 0. The first-order valence-corrected chi connectivity index (χ1v) is 14.4. The Labute approximate surface area is 285 Å². The summed E-state index contributed by atoms with van der Waals surface area (Å²) in [5, 5.41) is 0.194. The molecule has 2 aromatic heterocycles. The van der Waals surface area contributed by atoms with Gasteiger partial charge in [0.15, 0.2) is 0 Å². The fourth-order valence-electron chi connectivity index (χ4n) is 6.51. The van der Waals surface area contributed by atoms with Crippen molar-refractivity contribution in [3.05, 3.63) is 158 Å². The van der Waals surface area contributed by atoms with Gasteiger partial charge in [-0.15, -0.1) is 0 Å². The largest absolute Gasteiger partial charge is 0.464 e. The molecule has 0 N–H and O–H groups in total. The smallest absolute Gasteiger partial charge is 0.147 e. The van der Waals surface area contributed by atoms with Crippen LogP contribution in [0.3, 0.4) is 0 Å². The number of hydrogen-bond acceptors (Lipinski definition) is 2. The van der Waals surface area contributed by atoms with E-state index in [9.17, 15) is 6.85 Å². The number of furan rings is 2. The molecule has 0 unspecified atom stereocenters. The lowest BCUT2D eigenvalue weighted by molar-refractivity contribution is 0.616. The van der Waals surface area contributed by atoms with Gasteiger partial charge in [0.2, 0.25) is 0 Å². The van der Waals surface area contributed by atoms with Gasteiger partial charge >= 0.3 is 0 Å². The van der Waals surface area contributed by atoms with Crippen LogP contribution >= 0.6 is 0 Å². The van der Waals surface area contributed by atoms with Crippen LogP contribution in [-0.2, 0) is 0 Å². The fraction of sp³-hybridized carbons (Fsp3) is 0. The van der Waals surface area contributed by atoms with Crippen molar-refractivity contribution in [1.29, 1.82) is 0 Å². The van der Waals surface area contributed by atoms with Crippen LogP contribution in [0, 0.1) is 0 Å². The van der Waals surface area contributed by atoms with E-state index in [1.165, 1.54) is 0 Å². The highest BCUT2D eigenvalue weighted by molar-refractivity contribution is 6.24. The molecule has 0 aliphatic rings. The van der Waals surface area contributed by atoms with Crippen LogP contribution in [-0.4, -0.2) is 0 Å². The van der Waals surface area contributed by atoms with Crippen LogP contribution in [0.2, 0.25) is 0 Å². The SMILES string of the molecule is [2H]c1c([2H])c([2H])c2c(-c3c4c([2H])c([2H])c([2H])c([2H])c4c(-c4ccc5c(c4)oc4c5ccc5occ(-c6ccccc6)c54)c4c([2H])c([2H])c([2H])c([2H])c34)c([2H])c([2H])c([2H])c2c1[2H]. The first-order chi connectivity index (χ1) is 29.1. The van der Waals surface area contributed by atoms with Gasteiger partial charge in [-0.3, -0.25) is 0 Å². The average molecular weight is 602 g/mol. The highest BCUT2D eigenvalue weighted by Gasteiger charge is 2.20. The van der Waals surface area contributed by atoms with Crippen LogP contribution in [0.5, 0.6) is 0 Å². The van der Waals surface area contributed by atoms with Crippen LogP contribution in [0.15, 0.2) is 166 Å². The second kappa shape index (κ2) is 9.69. The molecule has 0 spiro atoms. The molecule has 10 rings (SSSR count). The van der Waals surface area contributed by atoms with Crippen LogP contribution < -0.4 is 0 Å². The van der Waals surface area contributed by atoms with Crippen molar-refractivity contribution in [2.45, 2.75) is 0 Å². The lowest BCUT2D eigenvalue weighted by Gasteiger charge is -2.18. The van der Waals surface area contributed by atoms with Gasteiger partial charge in [0, 0.05) is 16.3 Å². The van der Waals surface area contributed by atoms with Gasteiger partial charge in [0.25, 0.3) is 0 Å². The maximum absolute atomic E-state index is 9.38. The number of hydrogen-bond donors (Lipinski definition) is 0. The molecular weight excluding hydrogens is 560 g/mol. The van der Waals surface area contributed by atoms with E-state index in [4.69, 9.17) is 22.5 Å². The summed E-state index contributed by atoms with van der Waals surface area (Å²) >= 11 is 0. The van der Waals surface area contributed by atoms with Gasteiger partial charge in [-0.05, 0) is 84.4 Å². The van der Waals surface area contributed by atoms with Crippen LogP contribution in [0.4, 0.5) is 0 Å². The van der Waals surface area contributed by atoms with Gasteiger partial charge in [0.1, 0.15) is 16.7 Å². The Bertz CT molecular complexity index is 3560. The van der Waals surface area contributed by atoms with Crippen molar-refractivity contribution in [2.24, 2.45) is 0 Å². The maximum Gasteiger partial charge on any atom is 0.147 e. The highest BCUT2D eigenvalue weighted by atomic mass is 16.3. The average Bonchev–Trinajstić information content (AvgIpc) is 3.87. The van der Waals surface area contributed by atoms with E-state index < -0.39 is 107 Å². The summed E-state index contributed by atoms with van der Waals surface area (Å²) in [7, 11) is 0. The number of fused-ring (bicyclic) bond motifs is 8. The monoisotopic (exact) mass is 601 g/mol. The summed E-state index contributed by atoms with van der Waals surface area (Å²) in [6.45, 7) is 0. The van der Waals surface area contributed by atoms with Crippen molar-refractivity contribution in [2.75, 3.05) is 0 Å². The summed E-state index contributed by atoms with van der Waals surface area (Å²) in [6, 6.07) is 7.93. The third kappa shape index (κ3) is 3.59.